The topological polar surface area (TPSA) is 70.7 Å². The Hall–Kier alpha value is -1.30. The van der Waals surface area contributed by atoms with E-state index in [0.717, 1.165) is 0 Å². The molecule has 2 amide bonds. The molecule has 1 saturated heterocycles. The number of esters is 1. The first-order valence-electron chi connectivity index (χ1n) is 4.44. The van der Waals surface area contributed by atoms with Gasteiger partial charge in [0, 0.05) is 26.2 Å². The minimum Gasteiger partial charge on any atom is -0.468 e. The number of nitrogens with zero attached hydrogens (tertiary/aromatic N) is 1. The first-order chi connectivity index (χ1) is 6.67. The minimum absolute atomic E-state index is 0.0823. The maximum atomic E-state index is 11.0. The van der Waals surface area contributed by atoms with E-state index in [4.69, 9.17) is 0 Å². The van der Waals surface area contributed by atoms with Gasteiger partial charge in [-0.05, 0) is 0 Å². The van der Waals surface area contributed by atoms with Crippen molar-refractivity contribution in [3.63, 3.8) is 0 Å². The highest BCUT2D eigenvalue weighted by atomic mass is 16.5. The van der Waals surface area contributed by atoms with Crippen LogP contribution in [0, 0.1) is 0 Å². The summed E-state index contributed by atoms with van der Waals surface area (Å²) < 4.78 is 4.47. The van der Waals surface area contributed by atoms with Gasteiger partial charge in [0.1, 0.15) is 0 Å². The lowest BCUT2D eigenvalue weighted by molar-refractivity contribution is -0.139. The Balaban J connectivity index is 2.10. The number of carbonyl (C=O) groups excluding carboxylic acids is 2. The Bertz CT molecular complexity index is 223. The number of urea groups is 1. The Morgan fingerprint density at radius 1 is 1.50 bits per heavy atom. The molecule has 0 aliphatic carbocycles. The standard InChI is InChI=1S/C8H15N3O3/c1-9-8(13)11-4-6(5-11)10-3-7(12)14-2/h6,10H,3-5H2,1-2H3,(H,9,13). The summed E-state index contributed by atoms with van der Waals surface area (Å²) in [5.74, 6) is -0.289. The number of hydrogen-bond donors (Lipinski definition) is 2. The molecule has 0 radical (unpaired) electrons. The van der Waals surface area contributed by atoms with E-state index in [-0.39, 0.29) is 24.6 Å². The zero-order valence-corrected chi connectivity index (χ0v) is 8.37. The number of nitrogens with one attached hydrogen (secondary N) is 2. The average Bonchev–Trinajstić information content (AvgIpc) is 2.14. The third-order valence-corrected chi connectivity index (χ3v) is 2.15. The number of rotatable bonds is 3. The van der Waals surface area contributed by atoms with Crippen molar-refractivity contribution in [2.24, 2.45) is 0 Å². The number of carbonyl (C=O) groups is 2. The Morgan fingerprint density at radius 3 is 2.64 bits per heavy atom. The van der Waals surface area contributed by atoms with Crippen LogP contribution in [-0.4, -0.2) is 56.7 Å². The molecule has 14 heavy (non-hydrogen) atoms. The lowest BCUT2D eigenvalue weighted by Crippen LogP contribution is -2.62. The van der Waals surface area contributed by atoms with Gasteiger partial charge in [-0.1, -0.05) is 0 Å². The van der Waals surface area contributed by atoms with Crippen molar-refractivity contribution in [1.82, 2.24) is 15.5 Å². The highest BCUT2D eigenvalue weighted by Crippen LogP contribution is 2.06. The van der Waals surface area contributed by atoms with Crippen LogP contribution in [0.25, 0.3) is 0 Å². The van der Waals surface area contributed by atoms with E-state index in [0.29, 0.717) is 13.1 Å². The fourth-order valence-corrected chi connectivity index (χ4v) is 1.23. The molecule has 0 aromatic heterocycles. The van der Waals surface area contributed by atoms with Crippen LogP contribution in [-0.2, 0) is 9.53 Å². The van der Waals surface area contributed by atoms with Gasteiger partial charge in [0.15, 0.2) is 0 Å². The summed E-state index contributed by atoms with van der Waals surface area (Å²) in [6.45, 7) is 1.47. The minimum atomic E-state index is -0.289. The van der Waals surface area contributed by atoms with Gasteiger partial charge in [-0.3, -0.25) is 4.79 Å². The number of ether oxygens (including phenoxy) is 1. The molecule has 0 aromatic carbocycles. The lowest BCUT2D eigenvalue weighted by Gasteiger charge is -2.39. The normalized spacial score (nSPS) is 16.0. The summed E-state index contributed by atoms with van der Waals surface area (Å²) in [6.07, 6.45) is 0. The van der Waals surface area contributed by atoms with E-state index in [2.05, 4.69) is 15.4 Å². The summed E-state index contributed by atoms with van der Waals surface area (Å²) in [5.41, 5.74) is 0. The monoisotopic (exact) mass is 201 g/mol. The van der Waals surface area contributed by atoms with Crippen LogP contribution in [0.4, 0.5) is 4.79 Å². The van der Waals surface area contributed by atoms with Crippen molar-refractivity contribution in [2.75, 3.05) is 33.8 Å². The van der Waals surface area contributed by atoms with Gasteiger partial charge < -0.3 is 20.3 Å². The molecule has 1 aliphatic rings. The van der Waals surface area contributed by atoms with E-state index >= 15 is 0 Å². The van der Waals surface area contributed by atoms with Gasteiger partial charge in [-0.25, -0.2) is 4.79 Å². The molecule has 0 unspecified atom stereocenters. The van der Waals surface area contributed by atoms with Crippen LogP contribution < -0.4 is 10.6 Å². The van der Waals surface area contributed by atoms with Crippen LogP contribution in [0.1, 0.15) is 0 Å². The summed E-state index contributed by atoms with van der Waals surface area (Å²) in [4.78, 5) is 23.4. The summed E-state index contributed by atoms with van der Waals surface area (Å²) >= 11 is 0. The van der Waals surface area contributed by atoms with Crippen molar-refractivity contribution < 1.29 is 14.3 Å². The number of methoxy groups -OCH3 is 1. The van der Waals surface area contributed by atoms with E-state index in [1.165, 1.54) is 7.11 Å². The van der Waals surface area contributed by atoms with Gasteiger partial charge in [-0.2, -0.15) is 0 Å². The third kappa shape index (κ3) is 2.59. The van der Waals surface area contributed by atoms with Gasteiger partial charge in [0.25, 0.3) is 0 Å². The first kappa shape index (κ1) is 10.8. The SMILES string of the molecule is CNC(=O)N1CC(NCC(=O)OC)C1. The maximum absolute atomic E-state index is 11.0. The molecule has 1 heterocycles. The van der Waals surface area contributed by atoms with Crippen molar-refractivity contribution in [3.05, 3.63) is 0 Å². The van der Waals surface area contributed by atoms with Crippen LogP contribution in [0.2, 0.25) is 0 Å². The second-order valence-electron chi connectivity index (χ2n) is 3.11. The van der Waals surface area contributed by atoms with Crippen molar-refractivity contribution in [3.8, 4) is 0 Å². The first-order valence-corrected chi connectivity index (χ1v) is 4.44. The van der Waals surface area contributed by atoms with E-state index in [1.54, 1.807) is 11.9 Å². The highest BCUT2D eigenvalue weighted by Gasteiger charge is 2.29. The zero-order valence-electron chi connectivity index (χ0n) is 8.37. The van der Waals surface area contributed by atoms with Gasteiger partial charge in [0.2, 0.25) is 0 Å². The summed E-state index contributed by atoms with van der Waals surface area (Å²) in [6, 6.07) is 0.118. The van der Waals surface area contributed by atoms with Crippen LogP contribution >= 0.6 is 0 Å². The Kier molecular flexibility index (Phi) is 3.70. The van der Waals surface area contributed by atoms with Crippen molar-refractivity contribution in [2.45, 2.75) is 6.04 Å². The van der Waals surface area contributed by atoms with Crippen molar-refractivity contribution >= 4 is 12.0 Å². The molecule has 6 heteroatoms. The summed E-state index contributed by atoms with van der Waals surface area (Å²) in [5, 5.41) is 5.51. The Labute approximate surface area is 82.6 Å². The molecular weight excluding hydrogens is 186 g/mol. The number of amides is 2. The number of hydrogen-bond acceptors (Lipinski definition) is 4. The highest BCUT2D eigenvalue weighted by molar-refractivity contribution is 5.75. The molecule has 1 aliphatic heterocycles. The Morgan fingerprint density at radius 2 is 2.14 bits per heavy atom. The van der Waals surface area contributed by atoms with E-state index in [1.807, 2.05) is 0 Å². The molecule has 0 atom stereocenters. The van der Waals surface area contributed by atoms with Crippen molar-refractivity contribution in [1.29, 1.82) is 0 Å². The molecule has 2 N–H and O–H groups in total. The molecule has 0 spiro atoms. The lowest BCUT2D eigenvalue weighted by atomic mass is 10.1. The largest absolute Gasteiger partial charge is 0.468 e. The maximum Gasteiger partial charge on any atom is 0.319 e. The van der Waals surface area contributed by atoms with Crippen LogP contribution in [0.5, 0.6) is 0 Å². The molecule has 0 saturated carbocycles. The molecule has 80 valence electrons. The fraction of sp³-hybridized carbons (Fsp3) is 0.750. The van der Waals surface area contributed by atoms with Gasteiger partial charge >= 0.3 is 12.0 Å². The zero-order chi connectivity index (χ0) is 10.6. The van der Waals surface area contributed by atoms with E-state index in [9.17, 15) is 9.59 Å². The van der Waals surface area contributed by atoms with Crippen LogP contribution in [0.3, 0.4) is 0 Å². The second kappa shape index (κ2) is 4.80. The second-order valence-corrected chi connectivity index (χ2v) is 3.11. The number of likely N-dealkylation sites (tertiary alicyclic amines) is 1. The summed E-state index contributed by atoms with van der Waals surface area (Å²) in [7, 11) is 2.94. The molecule has 1 fully saturated rings. The predicted octanol–water partition coefficient (Wildman–Crippen LogP) is -1.23. The quantitative estimate of drug-likeness (QED) is 0.561. The van der Waals surface area contributed by atoms with E-state index < -0.39 is 0 Å². The third-order valence-electron chi connectivity index (χ3n) is 2.15. The molecule has 6 nitrogen and oxygen atoms in total. The smallest absolute Gasteiger partial charge is 0.319 e. The van der Waals surface area contributed by atoms with Gasteiger partial charge in [0.05, 0.1) is 13.7 Å². The molecule has 1 rings (SSSR count). The van der Waals surface area contributed by atoms with Gasteiger partial charge in [-0.15, -0.1) is 0 Å². The molecule has 0 bridgehead atoms. The van der Waals surface area contributed by atoms with Crippen LogP contribution in [0.15, 0.2) is 0 Å². The molecular formula is C8H15N3O3. The molecule has 0 aromatic rings. The average molecular weight is 201 g/mol. The predicted molar refractivity (Wildman–Crippen MR) is 49.8 cm³/mol. The fourth-order valence-electron chi connectivity index (χ4n) is 1.23.